The van der Waals surface area contributed by atoms with Crippen LogP contribution in [0.3, 0.4) is 0 Å². The predicted octanol–water partition coefficient (Wildman–Crippen LogP) is 2.30. The molecule has 2 rings (SSSR count). The van der Waals surface area contributed by atoms with Crippen molar-refractivity contribution in [3.05, 3.63) is 29.3 Å². The molecular weight excluding hydrogens is 276 g/mol. The molecule has 1 aliphatic heterocycles. The Hall–Kier alpha value is -1.26. The van der Waals surface area contributed by atoms with Crippen molar-refractivity contribution in [2.24, 2.45) is 11.7 Å². The van der Waals surface area contributed by atoms with Gasteiger partial charge in [-0.3, -0.25) is 4.79 Å². The molecule has 2 N–H and O–H groups in total. The molecule has 1 saturated heterocycles. The molecule has 1 fully saturated rings. The van der Waals surface area contributed by atoms with Gasteiger partial charge < -0.3 is 15.4 Å². The summed E-state index contributed by atoms with van der Waals surface area (Å²) in [5.74, 6) is 1.00. The number of para-hydroxylation sites is 1. The summed E-state index contributed by atoms with van der Waals surface area (Å²) in [5, 5.41) is 0.528. The van der Waals surface area contributed by atoms with Gasteiger partial charge in [0.05, 0.1) is 5.02 Å². The Morgan fingerprint density at radius 1 is 1.55 bits per heavy atom. The molecule has 1 amide bonds. The second-order valence-electron chi connectivity index (χ2n) is 5.12. The molecule has 0 bridgehead atoms. The van der Waals surface area contributed by atoms with Crippen LogP contribution >= 0.6 is 11.6 Å². The van der Waals surface area contributed by atoms with Gasteiger partial charge >= 0.3 is 0 Å². The fourth-order valence-corrected chi connectivity index (χ4v) is 2.61. The maximum atomic E-state index is 12.5. The topological polar surface area (TPSA) is 55.6 Å². The number of benzene rings is 1. The van der Waals surface area contributed by atoms with Gasteiger partial charge in [-0.05, 0) is 37.4 Å². The van der Waals surface area contributed by atoms with Crippen LogP contribution < -0.4 is 10.5 Å². The van der Waals surface area contributed by atoms with Crippen LogP contribution in [0.25, 0.3) is 0 Å². The van der Waals surface area contributed by atoms with Crippen LogP contribution in [0.4, 0.5) is 0 Å². The molecule has 5 heteroatoms. The molecule has 0 spiro atoms. The summed E-state index contributed by atoms with van der Waals surface area (Å²) in [6.07, 6.45) is 1.12. The Kier molecular flexibility index (Phi) is 5.26. The van der Waals surface area contributed by atoms with Crippen molar-refractivity contribution in [3.63, 3.8) is 0 Å². The zero-order valence-corrected chi connectivity index (χ0v) is 12.5. The van der Waals surface area contributed by atoms with Crippen molar-refractivity contribution in [1.29, 1.82) is 0 Å². The molecule has 1 aromatic rings. The molecule has 4 nitrogen and oxygen atoms in total. The highest BCUT2D eigenvalue weighted by Gasteiger charge is 2.30. The number of nitrogens with two attached hydrogens (primary N) is 1. The Morgan fingerprint density at radius 2 is 2.30 bits per heavy atom. The maximum Gasteiger partial charge on any atom is 0.263 e. The largest absolute Gasteiger partial charge is 0.479 e. The first-order valence-corrected chi connectivity index (χ1v) is 7.43. The number of hydrogen-bond acceptors (Lipinski definition) is 3. The van der Waals surface area contributed by atoms with Crippen molar-refractivity contribution in [3.8, 4) is 5.75 Å². The van der Waals surface area contributed by atoms with E-state index in [1.54, 1.807) is 12.1 Å². The lowest BCUT2D eigenvalue weighted by Crippen LogP contribution is -2.40. The molecule has 1 aromatic carbocycles. The zero-order valence-electron chi connectivity index (χ0n) is 11.7. The highest BCUT2D eigenvalue weighted by Crippen LogP contribution is 2.26. The molecule has 2 unspecified atom stereocenters. The number of carbonyl (C=O) groups excluding carboxylic acids is 1. The number of halogens is 1. The number of amides is 1. The van der Waals surface area contributed by atoms with Crippen molar-refractivity contribution in [2.45, 2.75) is 25.9 Å². The Balaban J connectivity index is 2.01. The molecule has 1 aliphatic rings. The minimum absolute atomic E-state index is 0.0309. The average molecular weight is 297 g/mol. The van der Waals surface area contributed by atoms with Crippen molar-refractivity contribution in [1.82, 2.24) is 4.90 Å². The van der Waals surface area contributed by atoms with Crippen molar-refractivity contribution < 1.29 is 9.53 Å². The zero-order chi connectivity index (χ0) is 14.5. The van der Waals surface area contributed by atoms with E-state index in [0.29, 0.717) is 29.7 Å². The molecule has 1 heterocycles. The molecule has 110 valence electrons. The van der Waals surface area contributed by atoms with Gasteiger partial charge in [0.2, 0.25) is 0 Å². The van der Waals surface area contributed by atoms with E-state index in [2.05, 4.69) is 0 Å². The van der Waals surface area contributed by atoms with E-state index in [0.717, 1.165) is 19.5 Å². The highest BCUT2D eigenvalue weighted by atomic mass is 35.5. The number of ether oxygens (including phenoxy) is 1. The third-order valence-corrected chi connectivity index (χ3v) is 4.00. The number of rotatable bonds is 5. The monoisotopic (exact) mass is 296 g/mol. The van der Waals surface area contributed by atoms with Crippen LogP contribution in [0.1, 0.15) is 19.8 Å². The minimum Gasteiger partial charge on any atom is -0.479 e. The van der Waals surface area contributed by atoms with Crippen LogP contribution in [-0.2, 0) is 4.79 Å². The SMILES string of the molecule is CCC(Oc1ccccc1Cl)C(=O)N1CCC(CN)C1. The fourth-order valence-electron chi connectivity index (χ4n) is 2.43. The van der Waals surface area contributed by atoms with Gasteiger partial charge in [0.15, 0.2) is 6.10 Å². The highest BCUT2D eigenvalue weighted by molar-refractivity contribution is 6.32. The van der Waals surface area contributed by atoms with E-state index in [9.17, 15) is 4.79 Å². The minimum atomic E-state index is -0.480. The summed E-state index contributed by atoms with van der Waals surface area (Å²) in [6, 6.07) is 7.22. The van der Waals surface area contributed by atoms with Gasteiger partial charge in [0, 0.05) is 13.1 Å². The molecule has 0 aromatic heterocycles. The van der Waals surface area contributed by atoms with Crippen LogP contribution in [0.5, 0.6) is 5.75 Å². The summed E-state index contributed by atoms with van der Waals surface area (Å²) < 4.78 is 5.78. The van der Waals surface area contributed by atoms with E-state index < -0.39 is 6.10 Å². The molecule has 2 atom stereocenters. The summed E-state index contributed by atoms with van der Waals surface area (Å²) in [7, 11) is 0. The summed E-state index contributed by atoms with van der Waals surface area (Å²) in [4.78, 5) is 14.3. The van der Waals surface area contributed by atoms with Gasteiger partial charge in [-0.25, -0.2) is 0 Å². The lowest BCUT2D eigenvalue weighted by Gasteiger charge is -2.24. The molecule has 20 heavy (non-hydrogen) atoms. The van der Waals surface area contributed by atoms with Gasteiger partial charge in [0.25, 0.3) is 5.91 Å². The third kappa shape index (κ3) is 3.44. The lowest BCUT2D eigenvalue weighted by molar-refractivity contribution is -0.137. The number of likely N-dealkylation sites (tertiary alicyclic amines) is 1. The maximum absolute atomic E-state index is 12.5. The molecule has 0 radical (unpaired) electrons. The third-order valence-electron chi connectivity index (χ3n) is 3.68. The van der Waals surface area contributed by atoms with Crippen LogP contribution in [-0.4, -0.2) is 36.5 Å². The Morgan fingerprint density at radius 3 is 2.90 bits per heavy atom. The Bertz CT molecular complexity index is 467. The smallest absolute Gasteiger partial charge is 0.263 e. The predicted molar refractivity (Wildman–Crippen MR) is 79.9 cm³/mol. The summed E-state index contributed by atoms with van der Waals surface area (Å²) in [6.45, 7) is 4.07. The van der Waals surface area contributed by atoms with Gasteiger partial charge in [-0.15, -0.1) is 0 Å². The first kappa shape index (κ1) is 15.1. The van der Waals surface area contributed by atoms with Gasteiger partial charge in [-0.2, -0.15) is 0 Å². The fraction of sp³-hybridized carbons (Fsp3) is 0.533. The summed E-state index contributed by atoms with van der Waals surface area (Å²) in [5.41, 5.74) is 5.66. The van der Waals surface area contributed by atoms with Crippen LogP contribution in [0, 0.1) is 5.92 Å². The number of nitrogens with zero attached hydrogens (tertiary/aromatic N) is 1. The van der Waals surface area contributed by atoms with E-state index >= 15 is 0 Å². The van der Waals surface area contributed by atoms with Crippen LogP contribution in [0.15, 0.2) is 24.3 Å². The average Bonchev–Trinajstić information content (AvgIpc) is 2.94. The van der Waals surface area contributed by atoms with Crippen molar-refractivity contribution in [2.75, 3.05) is 19.6 Å². The second-order valence-corrected chi connectivity index (χ2v) is 5.53. The summed E-state index contributed by atoms with van der Waals surface area (Å²) >= 11 is 6.07. The number of carbonyl (C=O) groups is 1. The van der Waals surface area contributed by atoms with Crippen LogP contribution in [0.2, 0.25) is 5.02 Å². The van der Waals surface area contributed by atoms with Gasteiger partial charge in [0.1, 0.15) is 5.75 Å². The quantitative estimate of drug-likeness (QED) is 0.907. The first-order valence-electron chi connectivity index (χ1n) is 7.05. The van der Waals surface area contributed by atoms with E-state index in [4.69, 9.17) is 22.1 Å². The Labute approximate surface area is 124 Å². The molecular formula is C15H21ClN2O2. The van der Waals surface area contributed by atoms with Crippen molar-refractivity contribution >= 4 is 17.5 Å². The number of hydrogen-bond donors (Lipinski definition) is 1. The lowest BCUT2D eigenvalue weighted by atomic mass is 10.1. The van der Waals surface area contributed by atoms with E-state index in [1.807, 2.05) is 24.0 Å². The molecule has 0 aliphatic carbocycles. The normalized spacial score (nSPS) is 19.9. The second kappa shape index (κ2) is 6.95. The standard InChI is InChI=1S/C15H21ClN2O2/c1-2-13(20-14-6-4-3-5-12(14)16)15(19)18-8-7-11(9-17)10-18/h3-6,11,13H,2,7-10,17H2,1H3. The van der Waals surface area contributed by atoms with E-state index in [1.165, 1.54) is 0 Å². The van der Waals surface area contributed by atoms with Gasteiger partial charge in [-0.1, -0.05) is 30.7 Å². The molecule has 0 saturated carbocycles. The van der Waals surface area contributed by atoms with E-state index in [-0.39, 0.29) is 5.91 Å². The first-order chi connectivity index (χ1) is 9.65.